The molecular weight excluding hydrogens is 372 g/mol. The topological polar surface area (TPSA) is 0 Å². The maximum Gasteiger partial charge on any atom is -0.0162 e. The minimum atomic E-state index is 0.747. The number of benzene rings is 3. The number of fused-ring (bicyclic) bond motifs is 1. The molecule has 162 valence electrons. The number of hydrogen-bond acceptors (Lipinski definition) is 0. The summed E-state index contributed by atoms with van der Waals surface area (Å²) in [7, 11) is 0. The van der Waals surface area contributed by atoms with E-state index >= 15 is 0 Å². The van der Waals surface area contributed by atoms with E-state index in [1.807, 2.05) is 0 Å². The molecule has 0 saturated heterocycles. The molecule has 1 aliphatic rings. The molecule has 0 amide bonds. The van der Waals surface area contributed by atoms with Crippen LogP contribution in [0.25, 0.3) is 21.9 Å². The van der Waals surface area contributed by atoms with Gasteiger partial charge in [-0.3, -0.25) is 0 Å². The van der Waals surface area contributed by atoms with Crippen LogP contribution in [0.2, 0.25) is 0 Å². The zero-order valence-corrected chi connectivity index (χ0v) is 19.3. The first-order valence-electron chi connectivity index (χ1n) is 12.5. The van der Waals surface area contributed by atoms with Crippen LogP contribution >= 0.6 is 0 Å². The minimum Gasteiger partial charge on any atom is -0.103 e. The molecule has 3 aromatic rings. The number of rotatable bonds is 9. The second-order valence-corrected chi connectivity index (χ2v) is 9.56. The lowest BCUT2D eigenvalue weighted by Crippen LogP contribution is -2.13. The Morgan fingerprint density at radius 3 is 2.26 bits per heavy atom. The second kappa shape index (κ2) is 10.8. The van der Waals surface area contributed by atoms with Crippen LogP contribution in [0.4, 0.5) is 0 Å². The van der Waals surface area contributed by atoms with Crippen molar-refractivity contribution in [3.05, 3.63) is 84.4 Å². The maximum absolute atomic E-state index is 3.87. The van der Waals surface area contributed by atoms with Crippen LogP contribution in [0.5, 0.6) is 0 Å². The Morgan fingerprint density at radius 1 is 0.806 bits per heavy atom. The molecule has 1 saturated carbocycles. The summed E-state index contributed by atoms with van der Waals surface area (Å²) < 4.78 is 0. The average molecular weight is 411 g/mol. The molecule has 0 bridgehead atoms. The van der Waals surface area contributed by atoms with Crippen LogP contribution < -0.4 is 0 Å². The van der Waals surface area contributed by atoms with E-state index in [4.69, 9.17) is 0 Å². The van der Waals surface area contributed by atoms with E-state index in [1.54, 1.807) is 0 Å². The van der Waals surface area contributed by atoms with Gasteiger partial charge in [-0.25, -0.2) is 0 Å². The van der Waals surface area contributed by atoms with Gasteiger partial charge in [-0.15, -0.1) is 6.58 Å². The van der Waals surface area contributed by atoms with Crippen LogP contribution in [-0.4, -0.2) is 0 Å². The van der Waals surface area contributed by atoms with Crippen molar-refractivity contribution < 1.29 is 0 Å². The normalized spacial score (nSPS) is 18.9. The Labute approximate surface area is 189 Å². The zero-order chi connectivity index (χ0) is 21.5. The van der Waals surface area contributed by atoms with Gasteiger partial charge < -0.3 is 0 Å². The molecule has 1 aliphatic carbocycles. The van der Waals surface area contributed by atoms with Gasteiger partial charge in [0, 0.05) is 0 Å². The van der Waals surface area contributed by atoms with Gasteiger partial charge in [-0.05, 0) is 102 Å². The average Bonchev–Trinajstić information content (AvgIpc) is 2.83. The van der Waals surface area contributed by atoms with Gasteiger partial charge in [-0.1, -0.05) is 80.4 Å². The van der Waals surface area contributed by atoms with Crippen molar-refractivity contribution in [2.45, 2.75) is 77.0 Å². The molecular formula is C31H38. The molecule has 0 aliphatic heterocycles. The van der Waals surface area contributed by atoms with Gasteiger partial charge in [0.1, 0.15) is 0 Å². The fourth-order valence-electron chi connectivity index (χ4n) is 5.30. The molecule has 0 unspecified atom stereocenters. The molecule has 0 heterocycles. The highest BCUT2D eigenvalue weighted by atomic mass is 14.3. The molecule has 0 atom stereocenters. The first kappa shape index (κ1) is 21.9. The molecule has 4 rings (SSSR count). The number of allylic oxidation sites excluding steroid dienone is 1. The number of aryl methyl sites for hydroxylation is 1. The highest BCUT2D eigenvalue weighted by molar-refractivity contribution is 5.87. The van der Waals surface area contributed by atoms with Gasteiger partial charge in [-0.2, -0.15) is 0 Å². The van der Waals surface area contributed by atoms with E-state index < -0.39 is 0 Å². The Kier molecular flexibility index (Phi) is 7.62. The lowest BCUT2D eigenvalue weighted by molar-refractivity contribution is 0.312. The van der Waals surface area contributed by atoms with Crippen molar-refractivity contribution in [2.75, 3.05) is 0 Å². The van der Waals surface area contributed by atoms with Gasteiger partial charge in [0.2, 0.25) is 0 Å². The van der Waals surface area contributed by atoms with Crippen molar-refractivity contribution >= 4 is 10.8 Å². The van der Waals surface area contributed by atoms with Gasteiger partial charge in [0.25, 0.3) is 0 Å². The van der Waals surface area contributed by atoms with E-state index in [2.05, 4.69) is 80.2 Å². The van der Waals surface area contributed by atoms with Crippen LogP contribution in [0.15, 0.2) is 73.3 Å². The first-order chi connectivity index (χ1) is 15.3. The third-order valence-corrected chi connectivity index (χ3v) is 7.31. The molecule has 1 fully saturated rings. The Morgan fingerprint density at radius 2 is 1.52 bits per heavy atom. The van der Waals surface area contributed by atoms with E-state index in [9.17, 15) is 0 Å². The Balaban J connectivity index is 1.41. The first-order valence-corrected chi connectivity index (χ1v) is 12.5. The van der Waals surface area contributed by atoms with Crippen molar-refractivity contribution in [1.29, 1.82) is 0 Å². The van der Waals surface area contributed by atoms with E-state index in [1.165, 1.54) is 97.2 Å². The molecule has 0 heteroatoms. The summed E-state index contributed by atoms with van der Waals surface area (Å²) >= 11 is 0. The smallest absolute Gasteiger partial charge is 0.0162 e. The fraction of sp³-hybridized carbons (Fsp3) is 0.419. The largest absolute Gasteiger partial charge is 0.103 e. The van der Waals surface area contributed by atoms with Crippen molar-refractivity contribution in [3.63, 3.8) is 0 Å². The molecule has 0 spiro atoms. The molecule has 31 heavy (non-hydrogen) atoms. The summed E-state index contributed by atoms with van der Waals surface area (Å²) in [5, 5.41) is 2.71. The Bertz CT molecular complexity index is 971. The Hall–Kier alpha value is -2.34. The number of unbranched alkanes of at least 4 members (excludes halogenated alkanes) is 2. The summed E-state index contributed by atoms with van der Waals surface area (Å²) in [5.74, 6) is 1.66. The van der Waals surface area contributed by atoms with Crippen molar-refractivity contribution in [2.24, 2.45) is 5.92 Å². The molecule has 0 aromatic heterocycles. The van der Waals surface area contributed by atoms with E-state index in [0.717, 1.165) is 11.8 Å². The quantitative estimate of drug-likeness (QED) is 0.243. The highest BCUT2D eigenvalue weighted by Crippen LogP contribution is 2.38. The maximum atomic E-state index is 3.87. The lowest BCUT2D eigenvalue weighted by Gasteiger charge is -2.28. The standard InChI is InChI=1S/C31H38/c1-3-5-7-9-25-12-15-31-23-30(21-20-29(31)22-25)28-18-16-27(17-19-28)26-13-10-24(11-14-26)8-6-4-2/h4,12,15-24,26H,2-3,5-11,13-14H2,1H3. The molecule has 0 N–H and O–H groups in total. The second-order valence-electron chi connectivity index (χ2n) is 9.56. The van der Waals surface area contributed by atoms with Crippen LogP contribution in [-0.2, 0) is 6.42 Å². The zero-order valence-electron chi connectivity index (χ0n) is 19.3. The van der Waals surface area contributed by atoms with Crippen molar-refractivity contribution in [1.82, 2.24) is 0 Å². The lowest BCUT2D eigenvalue weighted by atomic mass is 9.77. The minimum absolute atomic E-state index is 0.747. The fourth-order valence-corrected chi connectivity index (χ4v) is 5.30. The van der Waals surface area contributed by atoms with Crippen LogP contribution in [0, 0.1) is 5.92 Å². The van der Waals surface area contributed by atoms with Gasteiger partial charge in [0.05, 0.1) is 0 Å². The van der Waals surface area contributed by atoms with Crippen molar-refractivity contribution in [3.8, 4) is 11.1 Å². The molecule has 0 radical (unpaired) electrons. The van der Waals surface area contributed by atoms with Crippen LogP contribution in [0.3, 0.4) is 0 Å². The summed E-state index contributed by atoms with van der Waals surface area (Å²) in [5.41, 5.74) is 5.66. The third kappa shape index (κ3) is 5.67. The third-order valence-electron chi connectivity index (χ3n) is 7.31. The van der Waals surface area contributed by atoms with E-state index in [-0.39, 0.29) is 0 Å². The monoisotopic (exact) mass is 410 g/mol. The number of hydrogen-bond donors (Lipinski definition) is 0. The summed E-state index contributed by atoms with van der Waals surface area (Å²) in [4.78, 5) is 0. The predicted octanol–water partition coefficient (Wildman–Crippen LogP) is 9.48. The molecule has 0 nitrogen and oxygen atoms in total. The molecule has 3 aromatic carbocycles. The summed E-state index contributed by atoms with van der Waals surface area (Å²) in [6.45, 7) is 6.14. The SMILES string of the molecule is C=CCCC1CCC(c2ccc(-c3ccc4cc(CCCCC)ccc4c3)cc2)CC1. The summed E-state index contributed by atoms with van der Waals surface area (Å²) in [6.07, 6.45) is 15.1. The highest BCUT2D eigenvalue weighted by Gasteiger charge is 2.21. The van der Waals surface area contributed by atoms with Gasteiger partial charge in [0.15, 0.2) is 0 Å². The van der Waals surface area contributed by atoms with Gasteiger partial charge >= 0.3 is 0 Å². The van der Waals surface area contributed by atoms with E-state index in [0.29, 0.717) is 0 Å². The summed E-state index contributed by atoms with van der Waals surface area (Å²) in [6, 6.07) is 23.4. The predicted molar refractivity (Wildman–Crippen MR) is 137 cm³/mol. The van der Waals surface area contributed by atoms with Crippen LogP contribution in [0.1, 0.15) is 81.8 Å².